The number of benzene rings is 2. The fourth-order valence-electron chi connectivity index (χ4n) is 4.44. The fourth-order valence-corrected chi connectivity index (χ4v) is 4.44. The molecule has 0 N–H and O–H groups in total. The van der Waals surface area contributed by atoms with Crippen LogP contribution in [0, 0.1) is 6.92 Å². The van der Waals surface area contributed by atoms with Gasteiger partial charge in [-0.25, -0.2) is 0 Å². The Balaban J connectivity index is 1.14. The van der Waals surface area contributed by atoms with E-state index >= 15 is 0 Å². The third kappa shape index (κ3) is 5.52. The standard InChI is InChI=1S/C26H31N5O3/c1-20-5-7-22(8-6-20)25-27-24(34-28-25)19-29-9-11-31(12-10-29)26(32)23-4-2-3-21(17-23)18-30-13-15-33-16-14-30/h2-8,17H,9-16,18-19H2,1H3. The van der Waals surface area contributed by atoms with Crippen molar-refractivity contribution in [1.82, 2.24) is 24.8 Å². The summed E-state index contributed by atoms with van der Waals surface area (Å²) in [7, 11) is 0. The minimum Gasteiger partial charge on any atom is -0.379 e. The highest BCUT2D eigenvalue weighted by Gasteiger charge is 2.24. The average Bonchev–Trinajstić information content (AvgIpc) is 3.34. The van der Waals surface area contributed by atoms with Crippen LogP contribution in [0.25, 0.3) is 11.4 Å². The number of hydrogen-bond acceptors (Lipinski definition) is 7. The van der Waals surface area contributed by atoms with E-state index < -0.39 is 0 Å². The molecular formula is C26H31N5O3. The van der Waals surface area contributed by atoms with Crippen molar-refractivity contribution >= 4 is 5.91 Å². The quantitative estimate of drug-likeness (QED) is 0.559. The molecule has 2 aliphatic rings. The number of aryl methyl sites for hydroxylation is 1. The van der Waals surface area contributed by atoms with E-state index in [1.54, 1.807) is 0 Å². The first-order valence-corrected chi connectivity index (χ1v) is 11.9. The highest BCUT2D eigenvalue weighted by Crippen LogP contribution is 2.18. The molecule has 0 unspecified atom stereocenters. The Kier molecular flexibility index (Phi) is 6.99. The van der Waals surface area contributed by atoms with Crippen LogP contribution in [-0.4, -0.2) is 83.2 Å². The van der Waals surface area contributed by atoms with Crippen molar-refractivity contribution in [1.29, 1.82) is 0 Å². The van der Waals surface area contributed by atoms with Crippen molar-refractivity contribution in [3.8, 4) is 11.4 Å². The van der Waals surface area contributed by atoms with Crippen LogP contribution in [0.1, 0.15) is 27.4 Å². The summed E-state index contributed by atoms with van der Waals surface area (Å²) < 4.78 is 10.9. The van der Waals surface area contributed by atoms with E-state index in [9.17, 15) is 4.79 Å². The topological polar surface area (TPSA) is 74.9 Å². The lowest BCUT2D eigenvalue weighted by molar-refractivity contribution is 0.0341. The molecule has 2 aliphatic heterocycles. The maximum absolute atomic E-state index is 13.1. The summed E-state index contributed by atoms with van der Waals surface area (Å²) in [5.74, 6) is 1.31. The zero-order valence-corrected chi connectivity index (χ0v) is 19.7. The summed E-state index contributed by atoms with van der Waals surface area (Å²) in [5, 5.41) is 4.13. The molecule has 2 saturated heterocycles. The smallest absolute Gasteiger partial charge is 0.253 e. The van der Waals surface area contributed by atoms with Gasteiger partial charge in [0.2, 0.25) is 11.7 Å². The Hall–Kier alpha value is -3.07. The molecule has 8 heteroatoms. The molecule has 0 bridgehead atoms. The van der Waals surface area contributed by atoms with Gasteiger partial charge in [-0.3, -0.25) is 14.6 Å². The monoisotopic (exact) mass is 461 g/mol. The maximum Gasteiger partial charge on any atom is 0.253 e. The number of rotatable bonds is 6. The molecule has 34 heavy (non-hydrogen) atoms. The van der Waals surface area contributed by atoms with Crippen LogP contribution < -0.4 is 0 Å². The molecule has 5 rings (SSSR count). The largest absolute Gasteiger partial charge is 0.379 e. The summed E-state index contributed by atoms with van der Waals surface area (Å²) in [4.78, 5) is 24.2. The highest BCUT2D eigenvalue weighted by atomic mass is 16.5. The predicted octanol–water partition coefficient (Wildman–Crippen LogP) is 2.84. The molecule has 1 aromatic heterocycles. The van der Waals surface area contributed by atoms with Gasteiger partial charge in [0.1, 0.15) is 0 Å². The second-order valence-corrected chi connectivity index (χ2v) is 9.03. The van der Waals surface area contributed by atoms with E-state index in [-0.39, 0.29) is 5.91 Å². The lowest BCUT2D eigenvalue weighted by atomic mass is 10.1. The molecule has 0 atom stereocenters. The zero-order valence-electron chi connectivity index (χ0n) is 19.7. The van der Waals surface area contributed by atoms with E-state index in [0.29, 0.717) is 31.3 Å². The summed E-state index contributed by atoms with van der Waals surface area (Å²) >= 11 is 0. The highest BCUT2D eigenvalue weighted by molar-refractivity contribution is 5.94. The summed E-state index contributed by atoms with van der Waals surface area (Å²) in [6.07, 6.45) is 0. The van der Waals surface area contributed by atoms with Crippen molar-refractivity contribution in [3.05, 3.63) is 71.1 Å². The minimum atomic E-state index is 0.0999. The van der Waals surface area contributed by atoms with Crippen molar-refractivity contribution < 1.29 is 14.1 Å². The summed E-state index contributed by atoms with van der Waals surface area (Å²) in [6, 6.07) is 16.1. The number of hydrogen-bond donors (Lipinski definition) is 0. The molecule has 0 aliphatic carbocycles. The van der Waals surface area contributed by atoms with E-state index in [4.69, 9.17) is 9.26 Å². The first-order valence-electron chi connectivity index (χ1n) is 11.9. The van der Waals surface area contributed by atoms with Gasteiger partial charge in [0.15, 0.2) is 0 Å². The van der Waals surface area contributed by atoms with Crippen LogP contribution in [-0.2, 0) is 17.8 Å². The van der Waals surface area contributed by atoms with Gasteiger partial charge in [0.05, 0.1) is 19.8 Å². The van der Waals surface area contributed by atoms with Gasteiger partial charge < -0.3 is 14.2 Å². The molecule has 0 saturated carbocycles. The van der Waals surface area contributed by atoms with Gasteiger partial charge in [0.25, 0.3) is 5.91 Å². The molecule has 2 aromatic carbocycles. The summed E-state index contributed by atoms with van der Waals surface area (Å²) in [5.41, 5.74) is 4.08. The SMILES string of the molecule is Cc1ccc(-c2noc(CN3CCN(C(=O)c4cccc(CN5CCOCC5)c4)CC3)n2)cc1. The Bertz CT molecular complexity index is 1100. The van der Waals surface area contributed by atoms with Gasteiger partial charge in [-0.1, -0.05) is 47.1 Å². The van der Waals surface area contributed by atoms with Crippen molar-refractivity contribution in [2.45, 2.75) is 20.0 Å². The molecule has 8 nitrogen and oxygen atoms in total. The van der Waals surface area contributed by atoms with Gasteiger partial charge in [0, 0.05) is 56.9 Å². The maximum atomic E-state index is 13.1. The van der Waals surface area contributed by atoms with Gasteiger partial charge in [-0.15, -0.1) is 0 Å². The van der Waals surface area contributed by atoms with Gasteiger partial charge >= 0.3 is 0 Å². The van der Waals surface area contributed by atoms with Crippen molar-refractivity contribution in [3.63, 3.8) is 0 Å². The Morgan fingerprint density at radius 1 is 0.912 bits per heavy atom. The van der Waals surface area contributed by atoms with E-state index in [1.807, 2.05) is 47.4 Å². The molecule has 0 spiro atoms. The van der Waals surface area contributed by atoms with Crippen molar-refractivity contribution in [2.24, 2.45) is 0 Å². The van der Waals surface area contributed by atoms with Crippen LogP contribution >= 0.6 is 0 Å². The molecule has 1 amide bonds. The second-order valence-electron chi connectivity index (χ2n) is 9.03. The number of carbonyl (C=O) groups is 1. The number of ether oxygens (including phenoxy) is 1. The van der Waals surface area contributed by atoms with Crippen molar-refractivity contribution in [2.75, 3.05) is 52.5 Å². The first-order chi connectivity index (χ1) is 16.6. The van der Waals surface area contributed by atoms with E-state index in [1.165, 1.54) is 11.1 Å². The van der Waals surface area contributed by atoms with Gasteiger partial charge in [-0.05, 0) is 24.6 Å². The third-order valence-corrected chi connectivity index (χ3v) is 6.48. The third-order valence-electron chi connectivity index (χ3n) is 6.48. The number of nitrogens with zero attached hydrogens (tertiary/aromatic N) is 5. The number of carbonyl (C=O) groups excluding carboxylic acids is 1. The van der Waals surface area contributed by atoms with E-state index in [0.717, 1.165) is 57.1 Å². The average molecular weight is 462 g/mol. The van der Waals surface area contributed by atoms with Crippen LogP contribution in [0.5, 0.6) is 0 Å². The molecule has 3 aromatic rings. The minimum absolute atomic E-state index is 0.0999. The van der Waals surface area contributed by atoms with Crippen LogP contribution in [0.2, 0.25) is 0 Å². The summed E-state index contributed by atoms with van der Waals surface area (Å²) in [6.45, 7) is 9.86. The first kappa shape index (κ1) is 22.7. The van der Waals surface area contributed by atoms with Crippen LogP contribution in [0.15, 0.2) is 53.1 Å². The fraction of sp³-hybridized carbons (Fsp3) is 0.423. The zero-order chi connectivity index (χ0) is 23.3. The Morgan fingerprint density at radius 2 is 1.65 bits per heavy atom. The Morgan fingerprint density at radius 3 is 2.41 bits per heavy atom. The van der Waals surface area contributed by atoms with Gasteiger partial charge in [-0.2, -0.15) is 4.98 Å². The molecule has 3 heterocycles. The molecular weight excluding hydrogens is 430 g/mol. The molecule has 0 radical (unpaired) electrons. The van der Waals surface area contributed by atoms with E-state index in [2.05, 4.69) is 32.9 Å². The second kappa shape index (κ2) is 10.5. The number of amides is 1. The number of piperazine rings is 1. The normalized spacial score (nSPS) is 17.7. The van der Waals surface area contributed by atoms with Crippen LogP contribution in [0.4, 0.5) is 0 Å². The predicted molar refractivity (Wildman–Crippen MR) is 128 cm³/mol. The lowest BCUT2D eigenvalue weighted by Gasteiger charge is -2.34. The van der Waals surface area contributed by atoms with Crippen LogP contribution in [0.3, 0.4) is 0 Å². The Labute approximate surface area is 200 Å². The molecule has 2 fully saturated rings. The number of morpholine rings is 1. The molecule has 178 valence electrons. The lowest BCUT2D eigenvalue weighted by Crippen LogP contribution is -2.48. The number of aromatic nitrogens is 2.